The third-order valence-corrected chi connectivity index (χ3v) is 6.48. The first kappa shape index (κ1) is 10.8. The molecular weight excluding hydrogens is 266 g/mol. The van der Waals surface area contributed by atoms with Crippen molar-refractivity contribution in [2.75, 3.05) is 0 Å². The van der Waals surface area contributed by atoms with Crippen molar-refractivity contribution in [3.8, 4) is 0 Å². The summed E-state index contributed by atoms with van der Waals surface area (Å²) in [4.78, 5) is 8.81. The van der Waals surface area contributed by atoms with Crippen LogP contribution < -0.4 is 0 Å². The summed E-state index contributed by atoms with van der Waals surface area (Å²) < 4.78 is 2.06. The summed E-state index contributed by atoms with van der Waals surface area (Å²) in [5.41, 5.74) is 0.544. The minimum atomic E-state index is -0.810. The fourth-order valence-electron chi connectivity index (χ4n) is 2.23. The number of hydrogen-bond acceptors (Lipinski definition) is 4. The lowest BCUT2D eigenvalue weighted by atomic mass is 10.4. The molecule has 4 rings (SSSR count). The number of thiophene rings is 1. The molecule has 94 valence electrons. The Hall–Kier alpha value is -1.11. The molecule has 2 atom stereocenters. The number of rotatable bonds is 3. The molecule has 1 aliphatic heterocycles. The average molecular weight is 279 g/mol. The minimum Gasteiger partial charge on any atom is -0.378 e. The third kappa shape index (κ3) is 1.56. The van der Waals surface area contributed by atoms with E-state index in [-0.39, 0.29) is 0 Å². The highest BCUT2D eigenvalue weighted by atomic mass is 32.2. The Morgan fingerprint density at radius 3 is 3.11 bits per heavy atom. The van der Waals surface area contributed by atoms with Crippen molar-refractivity contribution in [2.24, 2.45) is 10.9 Å². The van der Waals surface area contributed by atoms with Crippen LogP contribution in [0, 0.1) is 5.92 Å². The van der Waals surface area contributed by atoms with E-state index >= 15 is 0 Å². The molecule has 0 saturated heterocycles. The number of nitrogens with zero attached hydrogens (tertiary/aromatic N) is 3. The van der Waals surface area contributed by atoms with Gasteiger partial charge in [0.15, 0.2) is 5.82 Å². The van der Waals surface area contributed by atoms with Crippen molar-refractivity contribution in [1.29, 1.82) is 0 Å². The van der Waals surface area contributed by atoms with Gasteiger partial charge in [-0.05, 0) is 29.7 Å². The standard InChI is InChI=1S/C12H13N3OS2/c16-12(9-3-4-17-6-9)18-11(8-1-2-8)14-10-5-13-7-15(10)18/h3-8,12,16,18H,1-2H2. The molecule has 0 bridgehead atoms. The smallest absolute Gasteiger partial charge is 0.162 e. The molecule has 4 nitrogen and oxygen atoms in total. The van der Waals surface area contributed by atoms with E-state index in [1.54, 1.807) is 23.9 Å². The van der Waals surface area contributed by atoms with Crippen LogP contribution in [-0.4, -0.2) is 19.1 Å². The highest BCUT2D eigenvalue weighted by Crippen LogP contribution is 2.56. The summed E-state index contributed by atoms with van der Waals surface area (Å²) in [5, 5.41) is 15.8. The predicted octanol–water partition coefficient (Wildman–Crippen LogP) is 2.85. The van der Waals surface area contributed by atoms with E-state index in [9.17, 15) is 5.11 Å². The fourth-order valence-corrected chi connectivity index (χ4v) is 5.49. The molecule has 1 saturated carbocycles. The average Bonchev–Trinajstić information content (AvgIpc) is 2.84. The Balaban J connectivity index is 1.76. The maximum absolute atomic E-state index is 10.6. The molecule has 2 aromatic heterocycles. The van der Waals surface area contributed by atoms with Gasteiger partial charge in [0.05, 0.1) is 11.2 Å². The van der Waals surface area contributed by atoms with Gasteiger partial charge in [-0.15, -0.1) is 0 Å². The largest absolute Gasteiger partial charge is 0.378 e. The normalized spacial score (nSPS) is 25.8. The van der Waals surface area contributed by atoms with Crippen LogP contribution in [0.5, 0.6) is 0 Å². The quantitative estimate of drug-likeness (QED) is 0.849. The van der Waals surface area contributed by atoms with Crippen LogP contribution in [0.3, 0.4) is 0 Å². The molecule has 0 spiro atoms. The molecule has 0 radical (unpaired) electrons. The monoisotopic (exact) mass is 279 g/mol. The van der Waals surface area contributed by atoms with Gasteiger partial charge in [0, 0.05) is 11.5 Å². The van der Waals surface area contributed by atoms with Gasteiger partial charge in [-0.2, -0.15) is 11.3 Å². The highest BCUT2D eigenvalue weighted by Gasteiger charge is 2.39. The van der Waals surface area contributed by atoms with Gasteiger partial charge in [0.1, 0.15) is 11.8 Å². The summed E-state index contributed by atoms with van der Waals surface area (Å²) in [6, 6.07) is 2.00. The molecule has 0 aromatic carbocycles. The molecule has 2 aliphatic rings. The summed E-state index contributed by atoms with van der Waals surface area (Å²) in [7, 11) is 0. The second-order valence-corrected chi connectivity index (χ2v) is 7.46. The van der Waals surface area contributed by atoms with Crippen molar-refractivity contribution in [2.45, 2.75) is 18.3 Å². The van der Waals surface area contributed by atoms with Gasteiger partial charge in [-0.3, -0.25) is 3.97 Å². The summed E-state index contributed by atoms with van der Waals surface area (Å²) in [6.45, 7) is 0. The molecule has 2 unspecified atom stereocenters. The van der Waals surface area contributed by atoms with Crippen molar-refractivity contribution in [1.82, 2.24) is 8.96 Å². The highest BCUT2D eigenvalue weighted by molar-refractivity contribution is 8.29. The van der Waals surface area contributed by atoms with E-state index in [0.717, 1.165) is 11.4 Å². The van der Waals surface area contributed by atoms with Crippen LogP contribution >= 0.6 is 22.4 Å². The Labute approximate surface area is 111 Å². The second kappa shape index (κ2) is 3.94. The lowest BCUT2D eigenvalue weighted by Gasteiger charge is -2.25. The molecule has 0 amide bonds. The zero-order valence-electron chi connectivity index (χ0n) is 9.60. The summed E-state index contributed by atoms with van der Waals surface area (Å²) >= 11 is 0.811. The second-order valence-electron chi connectivity index (χ2n) is 4.62. The van der Waals surface area contributed by atoms with Crippen LogP contribution in [0.25, 0.3) is 0 Å². The number of aliphatic hydroxyl groups is 1. The minimum absolute atomic E-state index is 0.457. The lowest BCUT2D eigenvalue weighted by Crippen LogP contribution is -2.11. The fraction of sp³-hybridized carbons (Fsp3) is 0.333. The van der Waals surface area contributed by atoms with Crippen LogP contribution in [0.1, 0.15) is 23.8 Å². The van der Waals surface area contributed by atoms with E-state index in [1.165, 1.54) is 17.9 Å². The third-order valence-electron chi connectivity index (χ3n) is 3.31. The Bertz CT molecular complexity index is 601. The number of aliphatic hydroxyl groups excluding tert-OH is 1. The zero-order chi connectivity index (χ0) is 12.1. The maximum atomic E-state index is 10.6. The van der Waals surface area contributed by atoms with Crippen LogP contribution in [0.4, 0.5) is 5.82 Å². The molecule has 3 heterocycles. The molecule has 2 aromatic rings. The van der Waals surface area contributed by atoms with Crippen LogP contribution in [-0.2, 0) is 0 Å². The number of hydrogen-bond donors (Lipinski definition) is 2. The first-order valence-corrected chi connectivity index (χ1v) is 8.26. The Kier molecular flexibility index (Phi) is 2.36. The van der Waals surface area contributed by atoms with Crippen LogP contribution in [0.2, 0.25) is 0 Å². The topological polar surface area (TPSA) is 50.4 Å². The van der Waals surface area contributed by atoms with Crippen molar-refractivity contribution in [3.05, 3.63) is 34.9 Å². The summed E-state index contributed by atoms with van der Waals surface area (Å²) in [6.07, 6.45) is 6.01. The van der Waals surface area contributed by atoms with E-state index < -0.39 is 16.5 Å². The van der Waals surface area contributed by atoms with Crippen molar-refractivity contribution >= 4 is 33.3 Å². The number of imidazole rings is 1. The van der Waals surface area contributed by atoms with Crippen molar-refractivity contribution < 1.29 is 5.11 Å². The number of aromatic nitrogens is 2. The Morgan fingerprint density at radius 2 is 2.39 bits per heavy atom. The van der Waals surface area contributed by atoms with E-state index in [0.29, 0.717) is 5.92 Å². The Morgan fingerprint density at radius 1 is 1.50 bits per heavy atom. The molecule has 1 N–H and O–H groups in total. The lowest BCUT2D eigenvalue weighted by molar-refractivity contribution is 0.268. The molecular formula is C12H13N3OS2. The first-order valence-electron chi connectivity index (χ1n) is 5.95. The number of thiol groups is 1. The van der Waals surface area contributed by atoms with E-state index in [4.69, 9.17) is 0 Å². The van der Waals surface area contributed by atoms with Crippen LogP contribution in [0.15, 0.2) is 34.3 Å². The van der Waals surface area contributed by atoms with Gasteiger partial charge in [0.25, 0.3) is 0 Å². The van der Waals surface area contributed by atoms with E-state index in [1.807, 2.05) is 16.8 Å². The molecule has 1 aliphatic carbocycles. The maximum Gasteiger partial charge on any atom is 0.162 e. The van der Waals surface area contributed by atoms with Gasteiger partial charge in [-0.25, -0.2) is 9.98 Å². The van der Waals surface area contributed by atoms with Gasteiger partial charge < -0.3 is 5.11 Å². The number of aliphatic imine (C=N–C) groups is 1. The summed E-state index contributed by atoms with van der Waals surface area (Å²) in [5.74, 6) is 1.49. The van der Waals surface area contributed by atoms with Crippen molar-refractivity contribution in [3.63, 3.8) is 0 Å². The van der Waals surface area contributed by atoms with Gasteiger partial charge >= 0.3 is 0 Å². The zero-order valence-corrected chi connectivity index (χ0v) is 11.3. The number of fused-ring (bicyclic) bond motifs is 1. The SMILES string of the molecule is OC(c1ccsc1)[SH]1C(C2CC2)=Nc2cncn21. The van der Waals surface area contributed by atoms with Gasteiger partial charge in [-0.1, -0.05) is 11.1 Å². The molecule has 18 heavy (non-hydrogen) atoms. The predicted molar refractivity (Wildman–Crippen MR) is 75.7 cm³/mol. The molecule has 1 fully saturated rings. The molecule has 6 heteroatoms. The van der Waals surface area contributed by atoms with E-state index in [2.05, 4.69) is 13.9 Å². The first-order chi connectivity index (χ1) is 8.84. The van der Waals surface area contributed by atoms with Gasteiger partial charge in [0.2, 0.25) is 0 Å².